The highest BCUT2D eigenvalue weighted by atomic mass is 32.2. The number of thioether (sulfide) groups is 1. The fraction of sp³-hybridized carbons (Fsp3) is 0.192. The van der Waals surface area contributed by atoms with Crippen molar-refractivity contribution in [3.05, 3.63) is 101 Å². The Hall–Kier alpha value is -2.98. The zero-order valence-corrected chi connectivity index (χ0v) is 18.1. The smallest absolute Gasteiger partial charge is 0.291 e. The lowest BCUT2D eigenvalue weighted by Crippen LogP contribution is -2.15. The van der Waals surface area contributed by atoms with Gasteiger partial charge in [0.05, 0.1) is 0 Å². The van der Waals surface area contributed by atoms with E-state index in [0.29, 0.717) is 11.5 Å². The van der Waals surface area contributed by atoms with E-state index in [1.165, 1.54) is 5.56 Å². The molecule has 1 amide bonds. The molecule has 0 aliphatic carbocycles. The molecule has 0 fully saturated rings. The van der Waals surface area contributed by atoms with Gasteiger partial charge in [0.2, 0.25) is 0 Å². The van der Waals surface area contributed by atoms with Crippen molar-refractivity contribution in [2.75, 3.05) is 5.32 Å². The van der Waals surface area contributed by atoms with Gasteiger partial charge in [-0.25, -0.2) is 0 Å². The number of hydrogen-bond donors (Lipinski definition) is 1. The summed E-state index contributed by atoms with van der Waals surface area (Å²) in [6, 6.07) is 24.3. The Bertz CT molecular complexity index is 1160. The number of rotatable bonds is 7. The highest BCUT2D eigenvalue weighted by Gasteiger charge is 2.21. The van der Waals surface area contributed by atoms with E-state index in [9.17, 15) is 4.79 Å². The molecule has 4 heteroatoms. The number of hydrogen-bond acceptors (Lipinski definition) is 3. The molecular weight excluding hydrogens is 390 g/mol. The standard InChI is InChI=1S/C26H25NO2S/c1-3-20-13-9-10-18(2)24(20)27-26(28)25-22(21-14-7-8-15-23(21)29-25)17-30-16-19-11-5-4-6-12-19/h4-15H,3,16-17H2,1-2H3,(H,27,28). The van der Waals surface area contributed by atoms with Crippen LogP contribution < -0.4 is 5.32 Å². The first-order chi connectivity index (χ1) is 14.7. The van der Waals surface area contributed by atoms with Crippen LogP contribution in [0.4, 0.5) is 5.69 Å². The monoisotopic (exact) mass is 415 g/mol. The summed E-state index contributed by atoms with van der Waals surface area (Å²) in [6.07, 6.45) is 0.858. The zero-order chi connectivity index (χ0) is 20.9. The maximum Gasteiger partial charge on any atom is 0.291 e. The Morgan fingerprint density at radius 3 is 2.50 bits per heavy atom. The van der Waals surface area contributed by atoms with Crippen molar-refractivity contribution in [1.82, 2.24) is 0 Å². The third-order valence-corrected chi connectivity index (χ3v) is 6.27. The van der Waals surface area contributed by atoms with Gasteiger partial charge in [-0.3, -0.25) is 4.79 Å². The fourth-order valence-electron chi connectivity index (χ4n) is 3.64. The van der Waals surface area contributed by atoms with Crippen molar-refractivity contribution in [1.29, 1.82) is 0 Å². The number of furan rings is 1. The molecule has 0 bridgehead atoms. The van der Waals surface area contributed by atoms with Crippen molar-refractivity contribution >= 4 is 34.3 Å². The minimum atomic E-state index is -0.189. The third kappa shape index (κ3) is 4.29. The minimum Gasteiger partial charge on any atom is -0.451 e. The molecule has 1 aromatic heterocycles. The van der Waals surface area contributed by atoms with Gasteiger partial charge in [0, 0.05) is 28.1 Å². The van der Waals surface area contributed by atoms with Gasteiger partial charge in [0.1, 0.15) is 5.58 Å². The van der Waals surface area contributed by atoms with Crippen molar-refractivity contribution in [2.45, 2.75) is 31.8 Å². The molecule has 1 heterocycles. The maximum absolute atomic E-state index is 13.2. The number of aryl methyl sites for hydroxylation is 2. The van der Waals surface area contributed by atoms with E-state index in [0.717, 1.165) is 45.5 Å². The maximum atomic E-state index is 13.2. The van der Waals surface area contributed by atoms with Crippen molar-refractivity contribution < 1.29 is 9.21 Å². The quantitative estimate of drug-likeness (QED) is 0.354. The highest BCUT2D eigenvalue weighted by Crippen LogP contribution is 2.31. The summed E-state index contributed by atoms with van der Waals surface area (Å²) in [5.74, 6) is 1.81. The molecule has 0 aliphatic heterocycles. The van der Waals surface area contributed by atoms with E-state index < -0.39 is 0 Å². The number of benzene rings is 3. The minimum absolute atomic E-state index is 0.189. The third-order valence-electron chi connectivity index (χ3n) is 5.24. The van der Waals surface area contributed by atoms with Gasteiger partial charge < -0.3 is 9.73 Å². The summed E-state index contributed by atoms with van der Waals surface area (Å²) in [5.41, 5.74) is 6.04. The van der Waals surface area contributed by atoms with Crippen molar-refractivity contribution in [2.24, 2.45) is 0 Å². The van der Waals surface area contributed by atoms with Crippen LogP contribution in [0.1, 0.15) is 39.7 Å². The predicted molar refractivity (Wildman–Crippen MR) is 126 cm³/mol. The summed E-state index contributed by atoms with van der Waals surface area (Å²) in [6.45, 7) is 4.11. The van der Waals surface area contributed by atoms with E-state index in [2.05, 4.69) is 42.6 Å². The number of nitrogens with one attached hydrogen (secondary N) is 1. The number of anilines is 1. The first-order valence-corrected chi connectivity index (χ1v) is 11.3. The van der Waals surface area contributed by atoms with Crippen LogP contribution >= 0.6 is 11.8 Å². The van der Waals surface area contributed by atoms with Gasteiger partial charge in [-0.15, -0.1) is 0 Å². The van der Waals surface area contributed by atoms with Crippen LogP contribution in [0.2, 0.25) is 0 Å². The van der Waals surface area contributed by atoms with Gasteiger partial charge in [0.15, 0.2) is 5.76 Å². The Labute approximate surface area is 181 Å². The van der Waals surface area contributed by atoms with Crippen molar-refractivity contribution in [3.63, 3.8) is 0 Å². The average Bonchev–Trinajstić information content (AvgIpc) is 3.15. The van der Waals surface area contributed by atoms with Gasteiger partial charge in [-0.05, 0) is 36.1 Å². The number of carbonyl (C=O) groups is 1. The van der Waals surface area contributed by atoms with E-state index in [1.54, 1.807) is 11.8 Å². The van der Waals surface area contributed by atoms with Crippen LogP contribution in [-0.2, 0) is 17.9 Å². The number of para-hydroxylation sites is 2. The second-order valence-electron chi connectivity index (χ2n) is 7.30. The Morgan fingerprint density at radius 2 is 1.70 bits per heavy atom. The van der Waals surface area contributed by atoms with E-state index in [4.69, 9.17) is 4.42 Å². The molecule has 152 valence electrons. The molecule has 0 aliphatic rings. The Balaban J connectivity index is 1.62. The normalized spacial score (nSPS) is 11.0. The average molecular weight is 416 g/mol. The largest absolute Gasteiger partial charge is 0.451 e. The Morgan fingerprint density at radius 1 is 0.933 bits per heavy atom. The SMILES string of the molecule is CCc1cccc(C)c1NC(=O)c1oc2ccccc2c1CSCc1ccccc1. The number of fused-ring (bicyclic) bond motifs is 1. The molecule has 4 aromatic rings. The van der Waals surface area contributed by atoms with E-state index in [1.807, 2.05) is 49.4 Å². The molecule has 4 rings (SSSR count). The summed E-state index contributed by atoms with van der Waals surface area (Å²) in [5, 5.41) is 4.12. The van der Waals surface area contributed by atoms with E-state index in [-0.39, 0.29) is 5.91 Å². The van der Waals surface area contributed by atoms with Gasteiger partial charge in [0.25, 0.3) is 5.91 Å². The van der Waals surface area contributed by atoms with E-state index >= 15 is 0 Å². The lowest BCUT2D eigenvalue weighted by molar-refractivity contribution is 0.0997. The van der Waals surface area contributed by atoms with Crippen molar-refractivity contribution in [3.8, 4) is 0 Å². The molecule has 3 nitrogen and oxygen atoms in total. The van der Waals surface area contributed by atoms with Crippen LogP contribution in [0, 0.1) is 6.92 Å². The van der Waals surface area contributed by atoms with Gasteiger partial charge in [-0.1, -0.05) is 73.7 Å². The molecule has 0 saturated carbocycles. The molecule has 0 unspecified atom stereocenters. The fourth-order valence-corrected chi connectivity index (χ4v) is 4.66. The topological polar surface area (TPSA) is 42.2 Å². The second-order valence-corrected chi connectivity index (χ2v) is 8.29. The van der Waals surface area contributed by atoms with Gasteiger partial charge in [-0.2, -0.15) is 11.8 Å². The second kappa shape index (κ2) is 9.23. The predicted octanol–water partition coefficient (Wildman–Crippen LogP) is 6.99. The lowest BCUT2D eigenvalue weighted by Gasteiger charge is -2.12. The molecule has 0 atom stereocenters. The summed E-state index contributed by atoms with van der Waals surface area (Å²) >= 11 is 1.79. The number of amides is 1. The summed E-state index contributed by atoms with van der Waals surface area (Å²) in [7, 11) is 0. The first kappa shape index (κ1) is 20.3. The molecule has 1 N–H and O–H groups in total. The molecule has 0 radical (unpaired) electrons. The number of carbonyl (C=O) groups excluding carboxylic acids is 1. The van der Waals surface area contributed by atoms with Crippen LogP contribution in [0.15, 0.2) is 77.2 Å². The molecule has 0 saturated heterocycles. The Kier molecular flexibility index (Phi) is 6.24. The van der Waals surface area contributed by atoms with Gasteiger partial charge >= 0.3 is 0 Å². The molecule has 0 spiro atoms. The lowest BCUT2D eigenvalue weighted by atomic mass is 10.1. The molecular formula is C26H25NO2S. The summed E-state index contributed by atoms with van der Waals surface area (Å²) < 4.78 is 6.02. The van der Waals surface area contributed by atoms with Crippen LogP contribution in [0.3, 0.4) is 0 Å². The highest BCUT2D eigenvalue weighted by molar-refractivity contribution is 7.97. The summed E-state index contributed by atoms with van der Waals surface area (Å²) in [4.78, 5) is 13.2. The zero-order valence-electron chi connectivity index (χ0n) is 17.3. The van der Waals surface area contributed by atoms with Crippen LogP contribution in [0.5, 0.6) is 0 Å². The molecule has 3 aromatic carbocycles. The first-order valence-electron chi connectivity index (χ1n) is 10.2. The molecule has 30 heavy (non-hydrogen) atoms. The van der Waals surface area contributed by atoms with Crippen LogP contribution in [-0.4, -0.2) is 5.91 Å². The van der Waals surface area contributed by atoms with Crippen LogP contribution in [0.25, 0.3) is 11.0 Å².